The predicted molar refractivity (Wildman–Crippen MR) is 119 cm³/mol. The number of non-ortho nitro benzene ring substituents is 1. The van der Waals surface area contributed by atoms with Crippen molar-refractivity contribution in [3.8, 4) is 11.8 Å². The molecule has 186 valence electrons. The number of carboxylic acid groups (broad SMARTS) is 1. The molecule has 0 spiro atoms. The van der Waals surface area contributed by atoms with Crippen molar-refractivity contribution in [1.29, 1.82) is 5.26 Å². The number of rotatable bonds is 7. The van der Waals surface area contributed by atoms with E-state index in [2.05, 4.69) is 5.32 Å². The van der Waals surface area contributed by atoms with Crippen LogP contribution in [0.2, 0.25) is 0 Å². The Kier molecular flexibility index (Phi) is 6.57. The predicted octanol–water partition coefficient (Wildman–Crippen LogP) is 5.16. The topological polar surface area (TPSA) is 125 Å². The van der Waals surface area contributed by atoms with Gasteiger partial charge in [0, 0.05) is 35.5 Å². The molecule has 0 aromatic heterocycles. The van der Waals surface area contributed by atoms with Crippen molar-refractivity contribution in [2.75, 3.05) is 0 Å². The lowest BCUT2D eigenvalue weighted by atomic mass is 9.49. The van der Waals surface area contributed by atoms with Crippen LogP contribution in [0.3, 0.4) is 0 Å². The summed E-state index contributed by atoms with van der Waals surface area (Å²) in [4.78, 5) is 22.1. The molecule has 11 heteroatoms. The summed E-state index contributed by atoms with van der Waals surface area (Å²) < 4.78 is 46.0. The zero-order valence-electron chi connectivity index (χ0n) is 19.4. The third-order valence-corrected chi connectivity index (χ3v) is 6.54. The second-order valence-corrected chi connectivity index (χ2v) is 9.68. The largest absolute Gasteiger partial charge is 0.489 e. The fourth-order valence-electron chi connectivity index (χ4n) is 5.28. The number of carbonyl (C=O) groups is 1. The Morgan fingerprint density at radius 3 is 2.34 bits per heavy atom. The first kappa shape index (κ1) is 26.0. The van der Waals surface area contributed by atoms with E-state index in [9.17, 15) is 33.2 Å². The van der Waals surface area contributed by atoms with Crippen LogP contribution in [0, 0.1) is 32.3 Å². The number of nitrogens with one attached hydrogen (secondary N) is 1. The summed E-state index contributed by atoms with van der Waals surface area (Å²) in [5.74, 6) is -1.24. The maximum atomic E-state index is 13.3. The van der Waals surface area contributed by atoms with Crippen LogP contribution in [0.4, 0.5) is 18.9 Å². The molecule has 1 fully saturated rings. The van der Waals surface area contributed by atoms with Crippen molar-refractivity contribution in [3.63, 3.8) is 0 Å². The van der Waals surface area contributed by atoms with Gasteiger partial charge < -0.3 is 15.2 Å². The average molecular weight is 491 g/mol. The SMILES string of the molecule is CC1(C)C(NCc2cc([N+](=O)[O-])ccc2C(=O)O)C(C)(C)C1Oc1ccc(C#N)c(C(F)(F)F)c1. The van der Waals surface area contributed by atoms with E-state index in [1.807, 2.05) is 27.7 Å². The van der Waals surface area contributed by atoms with Gasteiger partial charge in [-0.3, -0.25) is 10.1 Å². The molecular weight excluding hydrogens is 467 g/mol. The van der Waals surface area contributed by atoms with E-state index in [4.69, 9.17) is 10.00 Å². The number of aromatic carboxylic acids is 1. The fourth-order valence-corrected chi connectivity index (χ4v) is 5.28. The van der Waals surface area contributed by atoms with E-state index in [-0.39, 0.29) is 35.2 Å². The molecule has 0 bridgehead atoms. The Morgan fingerprint density at radius 2 is 1.83 bits per heavy atom. The first-order valence-corrected chi connectivity index (χ1v) is 10.6. The van der Waals surface area contributed by atoms with Crippen molar-refractivity contribution in [3.05, 3.63) is 68.8 Å². The van der Waals surface area contributed by atoms with Crippen LogP contribution in [0.25, 0.3) is 0 Å². The van der Waals surface area contributed by atoms with E-state index >= 15 is 0 Å². The maximum absolute atomic E-state index is 13.3. The summed E-state index contributed by atoms with van der Waals surface area (Å²) >= 11 is 0. The van der Waals surface area contributed by atoms with Crippen LogP contribution in [-0.2, 0) is 12.7 Å². The summed E-state index contributed by atoms with van der Waals surface area (Å²) in [5, 5.41) is 32.8. The first-order chi connectivity index (χ1) is 16.1. The number of hydrogen-bond donors (Lipinski definition) is 2. The third kappa shape index (κ3) is 4.79. The molecule has 0 amide bonds. The van der Waals surface area contributed by atoms with Gasteiger partial charge in [-0.1, -0.05) is 27.7 Å². The summed E-state index contributed by atoms with van der Waals surface area (Å²) in [6, 6.07) is 8.00. The lowest BCUT2D eigenvalue weighted by molar-refractivity contribution is -0.384. The maximum Gasteiger partial charge on any atom is 0.417 e. The molecule has 0 heterocycles. The number of ether oxygens (including phenoxy) is 1. The summed E-state index contributed by atoms with van der Waals surface area (Å²) in [6.07, 6.45) is -5.23. The quantitative estimate of drug-likeness (QED) is 0.405. The Labute approximate surface area is 199 Å². The van der Waals surface area contributed by atoms with Crippen molar-refractivity contribution in [1.82, 2.24) is 5.32 Å². The van der Waals surface area contributed by atoms with Gasteiger partial charge in [0.05, 0.1) is 27.7 Å². The van der Waals surface area contributed by atoms with Gasteiger partial charge >= 0.3 is 12.1 Å². The molecule has 2 aromatic carbocycles. The minimum absolute atomic E-state index is 0.0206. The van der Waals surface area contributed by atoms with Gasteiger partial charge in [0.15, 0.2) is 0 Å². The number of nitrogens with zero attached hydrogens (tertiary/aromatic N) is 2. The van der Waals surface area contributed by atoms with Crippen molar-refractivity contribution in [2.24, 2.45) is 10.8 Å². The van der Waals surface area contributed by atoms with Crippen molar-refractivity contribution >= 4 is 11.7 Å². The van der Waals surface area contributed by atoms with Gasteiger partial charge in [-0.25, -0.2) is 4.79 Å². The number of alkyl halides is 3. The molecule has 0 saturated heterocycles. The summed E-state index contributed by atoms with van der Waals surface area (Å²) in [5.41, 5.74) is -2.83. The second kappa shape index (κ2) is 8.85. The van der Waals surface area contributed by atoms with Gasteiger partial charge in [-0.15, -0.1) is 0 Å². The minimum atomic E-state index is -4.71. The normalized spacial score (nSPS) is 20.4. The number of halogens is 3. The Morgan fingerprint density at radius 1 is 1.20 bits per heavy atom. The smallest absolute Gasteiger partial charge is 0.417 e. The van der Waals surface area contributed by atoms with E-state index in [0.29, 0.717) is 0 Å². The molecule has 0 radical (unpaired) electrons. The zero-order chi connectivity index (χ0) is 26.3. The standard InChI is InChI=1S/C24H24F3N3O5/c1-22(2)20(29-12-14-9-15(30(33)34)6-8-17(14)19(31)32)23(3,4)21(22)35-16-7-5-13(11-28)18(10-16)24(25,26)27/h5-10,20-21,29H,12H2,1-4H3,(H,31,32). The molecule has 2 aromatic rings. The summed E-state index contributed by atoms with van der Waals surface area (Å²) in [7, 11) is 0. The van der Waals surface area contributed by atoms with Crippen LogP contribution in [0.5, 0.6) is 5.75 Å². The van der Waals surface area contributed by atoms with Crippen LogP contribution in [-0.4, -0.2) is 28.1 Å². The van der Waals surface area contributed by atoms with Crippen LogP contribution in [0.15, 0.2) is 36.4 Å². The molecule has 1 saturated carbocycles. The number of benzene rings is 2. The number of nitro groups is 1. The highest BCUT2D eigenvalue weighted by molar-refractivity contribution is 5.89. The molecular formula is C24H24F3N3O5. The monoisotopic (exact) mass is 491 g/mol. The lowest BCUT2D eigenvalue weighted by Gasteiger charge is -2.63. The molecule has 2 N–H and O–H groups in total. The van der Waals surface area contributed by atoms with Crippen LogP contribution < -0.4 is 10.1 Å². The summed E-state index contributed by atoms with van der Waals surface area (Å²) in [6.45, 7) is 7.48. The minimum Gasteiger partial charge on any atom is -0.489 e. The highest BCUT2D eigenvalue weighted by atomic mass is 19.4. The van der Waals surface area contributed by atoms with Gasteiger partial charge in [-0.2, -0.15) is 18.4 Å². The highest BCUT2D eigenvalue weighted by Gasteiger charge is 2.63. The van der Waals surface area contributed by atoms with E-state index in [1.54, 1.807) is 0 Å². The molecule has 1 aliphatic rings. The number of nitro benzene ring substituents is 1. The van der Waals surface area contributed by atoms with E-state index in [0.717, 1.165) is 18.2 Å². The third-order valence-electron chi connectivity index (χ3n) is 6.54. The fraction of sp³-hybridized carbons (Fsp3) is 0.417. The van der Waals surface area contributed by atoms with Gasteiger partial charge in [0.25, 0.3) is 5.69 Å². The number of hydrogen-bond acceptors (Lipinski definition) is 6. The van der Waals surface area contributed by atoms with Crippen molar-refractivity contribution in [2.45, 2.75) is 52.6 Å². The molecule has 1 aliphatic carbocycles. The van der Waals surface area contributed by atoms with Gasteiger partial charge in [0.1, 0.15) is 11.9 Å². The van der Waals surface area contributed by atoms with Crippen LogP contribution >= 0.6 is 0 Å². The Bertz CT molecular complexity index is 1200. The Hall–Kier alpha value is -3.65. The molecule has 0 atom stereocenters. The number of carboxylic acids is 1. The average Bonchev–Trinajstić information content (AvgIpc) is 2.75. The number of nitriles is 1. The van der Waals surface area contributed by atoms with E-state index < -0.39 is 45.1 Å². The Balaban J connectivity index is 1.83. The van der Waals surface area contributed by atoms with Crippen molar-refractivity contribution < 1.29 is 32.7 Å². The first-order valence-electron chi connectivity index (χ1n) is 10.6. The molecule has 3 rings (SSSR count). The van der Waals surface area contributed by atoms with Gasteiger partial charge in [0.2, 0.25) is 0 Å². The highest BCUT2D eigenvalue weighted by Crippen LogP contribution is 2.55. The molecule has 0 unspecified atom stereocenters. The lowest BCUT2D eigenvalue weighted by Crippen LogP contribution is -2.74. The van der Waals surface area contributed by atoms with Gasteiger partial charge in [-0.05, 0) is 29.8 Å². The van der Waals surface area contributed by atoms with E-state index in [1.165, 1.54) is 24.3 Å². The zero-order valence-corrected chi connectivity index (χ0v) is 19.4. The molecule has 8 nitrogen and oxygen atoms in total. The molecule has 0 aliphatic heterocycles. The second-order valence-electron chi connectivity index (χ2n) is 9.68. The molecule has 35 heavy (non-hydrogen) atoms. The van der Waals surface area contributed by atoms with Crippen LogP contribution in [0.1, 0.15) is 54.7 Å².